The van der Waals surface area contributed by atoms with Crippen molar-refractivity contribution in [1.29, 1.82) is 0 Å². The van der Waals surface area contributed by atoms with Crippen molar-refractivity contribution in [3.8, 4) is 0 Å². The second kappa shape index (κ2) is 8.84. The van der Waals surface area contributed by atoms with Gasteiger partial charge in [0.25, 0.3) is 0 Å². The average Bonchev–Trinajstić information content (AvgIpc) is 3.19. The first kappa shape index (κ1) is 19.1. The van der Waals surface area contributed by atoms with E-state index in [1.165, 1.54) is 0 Å². The number of amides is 1. The number of carbonyl (C=O) groups excluding carboxylic acids is 1. The zero-order valence-corrected chi connectivity index (χ0v) is 16.5. The first-order valence-electron chi connectivity index (χ1n) is 9.87. The number of hydrogen-bond donors (Lipinski definition) is 2. The van der Waals surface area contributed by atoms with Crippen LogP contribution in [0.5, 0.6) is 0 Å². The Hall–Kier alpha value is -2.63. The van der Waals surface area contributed by atoms with E-state index in [1.54, 1.807) is 0 Å². The molecule has 0 saturated heterocycles. The van der Waals surface area contributed by atoms with Gasteiger partial charge in [-0.2, -0.15) is 0 Å². The third kappa shape index (κ3) is 4.96. The molecular formula is C21H29N5O. The van der Waals surface area contributed by atoms with Crippen molar-refractivity contribution in [2.45, 2.75) is 46.5 Å². The van der Waals surface area contributed by atoms with Gasteiger partial charge in [0, 0.05) is 36.4 Å². The number of benzene rings is 1. The molecule has 144 valence electrons. The summed E-state index contributed by atoms with van der Waals surface area (Å²) in [5.74, 6) is 2.75. The van der Waals surface area contributed by atoms with Gasteiger partial charge in [0.1, 0.15) is 17.5 Å². The van der Waals surface area contributed by atoms with Gasteiger partial charge in [-0.1, -0.05) is 12.8 Å². The van der Waals surface area contributed by atoms with E-state index < -0.39 is 0 Å². The van der Waals surface area contributed by atoms with Crippen molar-refractivity contribution < 1.29 is 4.79 Å². The van der Waals surface area contributed by atoms with Gasteiger partial charge in [0.05, 0.1) is 0 Å². The summed E-state index contributed by atoms with van der Waals surface area (Å²) >= 11 is 0. The summed E-state index contributed by atoms with van der Waals surface area (Å²) < 4.78 is 0. The Morgan fingerprint density at radius 1 is 1.07 bits per heavy atom. The van der Waals surface area contributed by atoms with E-state index in [9.17, 15) is 4.79 Å². The largest absolute Gasteiger partial charge is 0.357 e. The van der Waals surface area contributed by atoms with Crippen LogP contribution in [0.25, 0.3) is 0 Å². The average molecular weight is 367 g/mol. The third-order valence-corrected chi connectivity index (χ3v) is 5.06. The van der Waals surface area contributed by atoms with E-state index in [4.69, 9.17) is 0 Å². The highest BCUT2D eigenvalue weighted by Crippen LogP contribution is 2.26. The highest BCUT2D eigenvalue weighted by Gasteiger charge is 2.22. The lowest BCUT2D eigenvalue weighted by Crippen LogP contribution is -2.23. The van der Waals surface area contributed by atoms with Crippen LogP contribution < -0.4 is 15.5 Å². The summed E-state index contributed by atoms with van der Waals surface area (Å²) in [6.45, 7) is 7.95. The number of hydrogen-bond acceptors (Lipinski definition) is 5. The van der Waals surface area contributed by atoms with Gasteiger partial charge in [0.15, 0.2) is 0 Å². The van der Waals surface area contributed by atoms with E-state index in [2.05, 4.69) is 39.3 Å². The Kier molecular flexibility index (Phi) is 6.27. The van der Waals surface area contributed by atoms with E-state index in [1.807, 2.05) is 37.3 Å². The summed E-state index contributed by atoms with van der Waals surface area (Å²) in [5, 5.41) is 6.36. The van der Waals surface area contributed by atoms with Crippen LogP contribution in [0.2, 0.25) is 0 Å². The fourth-order valence-corrected chi connectivity index (χ4v) is 3.54. The number of rotatable bonds is 7. The lowest BCUT2D eigenvalue weighted by atomic mass is 10.1. The Balaban J connectivity index is 1.66. The maximum absolute atomic E-state index is 12.2. The summed E-state index contributed by atoms with van der Waals surface area (Å²) in [7, 11) is 0. The second-order valence-electron chi connectivity index (χ2n) is 7.00. The smallest absolute Gasteiger partial charge is 0.227 e. The van der Waals surface area contributed by atoms with E-state index >= 15 is 0 Å². The summed E-state index contributed by atoms with van der Waals surface area (Å²) in [5.41, 5.74) is 1.76. The maximum Gasteiger partial charge on any atom is 0.227 e. The lowest BCUT2D eigenvalue weighted by Gasteiger charge is -2.20. The number of aromatic nitrogens is 2. The number of carbonyl (C=O) groups is 1. The highest BCUT2D eigenvalue weighted by molar-refractivity contribution is 5.92. The van der Waals surface area contributed by atoms with Crippen molar-refractivity contribution in [3.05, 3.63) is 36.2 Å². The van der Waals surface area contributed by atoms with Crippen LogP contribution in [0.3, 0.4) is 0 Å². The minimum absolute atomic E-state index is 0.142. The molecular weight excluding hydrogens is 338 g/mol. The van der Waals surface area contributed by atoms with Gasteiger partial charge in [-0.3, -0.25) is 4.79 Å². The van der Waals surface area contributed by atoms with Gasteiger partial charge < -0.3 is 15.5 Å². The highest BCUT2D eigenvalue weighted by atomic mass is 16.1. The molecule has 1 heterocycles. The molecule has 0 radical (unpaired) electrons. The topological polar surface area (TPSA) is 70.2 Å². The van der Waals surface area contributed by atoms with Crippen molar-refractivity contribution >= 4 is 28.9 Å². The van der Waals surface area contributed by atoms with E-state index in [0.717, 1.165) is 67.6 Å². The van der Waals surface area contributed by atoms with Crippen molar-refractivity contribution in [2.75, 3.05) is 28.6 Å². The molecule has 27 heavy (non-hydrogen) atoms. The summed E-state index contributed by atoms with van der Waals surface area (Å²) in [6.07, 6.45) is 4.34. The van der Waals surface area contributed by atoms with Crippen molar-refractivity contribution in [3.63, 3.8) is 0 Å². The number of nitrogens with zero attached hydrogens (tertiary/aromatic N) is 3. The fraction of sp³-hybridized carbons (Fsp3) is 0.476. The van der Waals surface area contributed by atoms with Crippen LogP contribution in [-0.2, 0) is 4.79 Å². The molecule has 6 heteroatoms. The molecule has 1 aromatic heterocycles. The number of aryl methyl sites for hydroxylation is 1. The van der Waals surface area contributed by atoms with Gasteiger partial charge in [-0.25, -0.2) is 9.97 Å². The SMILES string of the molecule is CCN(CC)c1cc(Nc2ccc(NC(=O)C3CCCC3)cc2)nc(C)n1. The minimum atomic E-state index is 0.142. The predicted molar refractivity (Wildman–Crippen MR) is 111 cm³/mol. The molecule has 0 spiro atoms. The molecule has 0 unspecified atom stereocenters. The molecule has 0 atom stereocenters. The predicted octanol–water partition coefficient (Wildman–Crippen LogP) is 4.50. The van der Waals surface area contributed by atoms with Crippen molar-refractivity contribution in [2.24, 2.45) is 5.92 Å². The molecule has 1 aromatic carbocycles. The molecule has 1 fully saturated rings. The molecule has 1 saturated carbocycles. The molecule has 1 aliphatic rings. The Morgan fingerprint density at radius 3 is 2.33 bits per heavy atom. The van der Waals surface area contributed by atoms with Crippen LogP contribution in [0.1, 0.15) is 45.4 Å². The lowest BCUT2D eigenvalue weighted by molar-refractivity contribution is -0.119. The number of anilines is 4. The first-order valence-corrected chi connectivity index (χ1v) is 9.87. The van der Waals surface area contributed by atoms with E-state index in [-0.39, 0.29) is 11.8 Å². The van der Waals surface area contributed by atoms with Crippen LogP contribution in [0.15, 0.2) is 30.3 Å². The Bertz CT molecular complexity index is 765. The summed E-state index contributed by atoms with van der Waals surface area (Å²) in [6, 6.07) is 9.73. The Labute approximate surface area is 161 Å². The first-order chi connectivity index (χ1) is 13.1. The van der Waals surface area contributed by atoms with Gasteiger partial charge in [-0.15, -0.1) is 0 Å². The van der Waals surface area contributed by atoms with Crippen LogP contribution in [-0.4, -0.2) is 29.0 Å². The quantitative estimate of drug-likeness (QED) is 0.754. The molecule has 1 aliphatic carbocycles. The molecule has 1 amide bonds. The maximum atomic E-state index is 12.2. The van der Waals surface area contributed by atoms with Crippen LogP contribution in [0, 0.1) is 12.8 Å². The standard InChI is InChI=1S/C21H29N5O/c1-4-26(5-2)20-14-19(22-15(3)23-20)24-17-10-12-18(13-11-17)25-21(27)16-8-6-7-9-16/h10-14,16H,4-9H2,1-3H3,(H,25,27)(H,22,23,24). The normalized spacial score (nSPS) is 14.2. The molecule has 0 aliphatic heterocycles. The number of nitrogens with one attached hydrogen (secondary N) is 2. The van der Waals surface area contributed by atoms with E-state index in [0.29, 0.717) is 0 Å². The summed E-state index contributed by atoms with van der Waals surface area (Å²) in [4.78, 5) is 23.4. The fourth-order valence-electron chi connectivity index (χ4n) is 3.54. The molecule has 6 nitrogen and oxygen atoms in total. The zero-order valence-electron chi connectivity index (χ0n) is 16.5. The van der Waals surface area contributed by atoms with Gasteiger partial charge in [0.2, 0.25) is 5.91 Å². The molecule has 0 bridgehead atoms. The molecule has 2 aromatic rings. The zero-order chi connectivity index (χ0) is 19.2. The molecule has 2 N–H and O–H groups in total. The monoisotopic (exact) mass is 367 g/mol. The second-order valence-corrected chi connectivity index (χ2v) is 7.00. The molecule has 3 rings (SSSR count). The van der Waals surface area contributed by atoms with Crippen LogP contribution in [0.4, 0.5) is 23.0 Å². The Morgan fingerprint density at radius 2 is 1.70 bits per heavy atom. The van der Waals surface area contributed by atoms with Gasteiger partial charge in [-0.05, 0) is 57.9 Å². The van der Waals surface area contributed by atoms with Crippen LogP contribution >= 0.6 is 0 Å². The van der Waals surface area contributed by atoms with Gasteiger partial charge >= 0.3 is 0 Å². The minimum Gasteiger partial charge on any atom is -0.357 e. The van der Waals surface area contributed by atoms with Crippen molar-refractivity contribution in [1.82, 2.24) is 9.97 Å². The third-order valence-electron chi connectivity index (χ3n) is 5.06.